The molecular formula is C26H23ClN2O4S. The highest BCUT2D eigenvalue weighted by Crippen LogP contribution is 2.25. The minimum atomic E-state index is -4.12. The van der Waals surface area contributed by atoms with E-state index >= 15 is 0 Å². The van der Waals surface area contributed by atoms with Crippen LogP contribution in [-0.2, 0) is 21.4 Å². The molecule has 174 valence electrons. The van der Waals surface area contributed by atoms with E-state index in [9.17, 15) is 18.0 Å². The Hall–Kier alpha value is -3.44. The molecule has 3 aromatic carbocycles. The van der Waals surface area contributed by atoms with E-state index in [2.05, 4.69) is 5.92 Å². The number of ketones is 1. The van der Waals surface area contributed by atoms with Crippen LogP contribution in [0.1, 0.15) is 34.3 Å². The zero-order valence-corrected chi connectivity index (χ0v) is 19.8. The van der Waals surface area contributed by atoms with Crippen LogP contribution in [0.4, 0.5) is 0 Å². The van der Waals surface area contributed by atoms with Gasteiger partial charge < -0.3 is 5.73 Å². The molecule has 3 rings (SSSR count). The molecule has 1 amide bonds. The average Bonchev–Trinajstić information content (AvgIpc) is 2.84. The predicted molar refractivity (Wildman–Crippen MR) is 132 cm³/mol. The molecule has 8 heteroatoms. The van der Waals surface area contributed by atoms with E-state index in [0.717, 1.165) is 4.31 Å². The molecule has 34 heavy (non-hydrogen) atoms. The summed E-state index contributed by atoms with van der Waals surface area (Å²) in [5.74, 6) is 1.47. The van der Waals surface area contributed by atoms with E-state index in [1.54, 1.807) is 48.5 Å². The van der Waals surface area contributed by atoms with Crippen LogP contribution in [0.2, 0.25) is 5.02 Å². The summed E-state index contributed by atoms with van der Waals surface area (Å²) in [5.41, 5.74) is 7.16. The fraction of sp³-hybridized carbons (Fsp3) is 0.154. The molecule has 0 saturated heterocycles. The number of carbonyl (C=O) groups excluding carboxylic acids is 2. The molecule has 6 nitrogen and oxygen atoms in total. The van der Waals surface area contributed by atoms with Crippen molar-refractivity contribution in [1.29, 1.82) is 0 Å². The number of rotatable bonds is 10. The van der Waals surface area contributed by atoms with Gasteiger partial charge >= 0.3 is 0 Å². The molecule has 0 spiro atoms. The summed E-state index contributed by atoms with van der Waals surface area (Å²) in [5, 5.41) is 0.378. The molecule has 0 aliphatic heterocycles. The Bertz CT molecular complexity index is 1300. The molecule has 0 aliphatic carbocycles. The van der Waals surface area contributed by atoms with E-state index in [1.807, 2.05) is 6.07 Å². The lowest BCUT2D eigenvalue weighted by atomic mass is 10.0. The van der Waals surface area contributed by atoms with Gasteiger partial charge in [-0.15, -0.1) is 12.3 Å². The average molecular weight is 495 g/mol. The second-order valence-corrected chi connectivity index (χ2v) is 9.88. The topological polar surface area (TPSA) is 97.5 Å². The number of hydrogen-bond acceptors (Lipinski definition) is 4. The number of amides is 1. The molecule has 3 aromatic rings. The number of benzene rings is 3. The lowest BCUT2D eigenvalue weighted by Crippen LogP contribution is -2.47. The van der Waals surface area contributed by atoms with Crippen LogP contribution in [-0.4, -0.2) is 30.5 Å². The van der Waals surface area contributed by atoms with Gasteiger partial charge in [0.1, 0.15) is 6.04 Å². The first-order valence-corrected chi connectivity index (χ1v) is 12.2. The number of nitrogens with zero attached hydrogens (tertiary/aromatic N) is 1. The van der Waals surface area contributed by atoms with Gasteiger partial charge in [-0.3, -0.25) is 9.59 Å². The number of primary amides is 1. The zero-order valence-electron chi connectivity index (χ0n) is 18.2. The van der Waals surface area contributed by atoms with Crippen LogP contribution in [0.5, 0.6) is 0 Å². The standard InChI is InChI=1S/C26H23ClN2O4S/c1-2-3-9-24(26(28)31)29(34(32,33)23-16-14-22(27)15-17-23)18-19-10-12-21(13-11-19)25(30)20-7-5-4-6-8-20/h1,4-8,10-17,24H,3,9,18H2,(H2,28,31)/t24-/m1/s1. The third-order valence-electron chi connectivity index (χ3n) is 5.25. The molecule has 1 atom stereocenters. The molecule has 0 fully saturated rings. The monoisotopic (exact) mass is 494 g/mol. The van der Waals surface area contributed by atoms with Crippen LogP contribution in [0, 0.1) is 12.3 Å². The zero-order chi connectivity index (χ0) is 24.7. The highest BCUT2D eigenvalue weighted by atomic mass is 35.5. The number of nitrogens with two attached hydrogens (primary N) is 1. The van der Waals surface area contributed by atoms with Gasteiger partial charge in [-0.25, -0.2) is 8.42 Å². The molecule has 0 unspecified atom stereocenters. The SMILES string of the molecule is C#CCC[C@H](C(N)=O)N(Cc1ccc(C(=O)c2ccccc2)cc1)S(=O)(=O)c1ccc(Cl)cc1. The first kappa shape index (κ1) is 25.2. The van der Waals surface area contributed by atoms with Crippen LogP contribution in [0.15, 0.2) is 83.8 Å². The van der Waals surface area contributed by atoms with Crippen molar-refractivity contribution >= 4 is 33.3 Å². The molecule has 2 N–H and O–H groups in total. The second-order valence-electron chi connectivity index (χ2n) is 7.56. The van der Waals surface area contributed by atoms with Crippen molar-refractivity contribution in [2.45, 2.75) is 30.3 Å². The van der Waals surface area contributed by atoms with Crippen molar-refractivity contribution in [3.05, 3.63) is 101 Å². The van der Waals surface area contributed by atoms with Gasteiger partial charge in [0.15, 0.2) is 5.78 Å². The summed E-state index contributed by atoms with van der Waals surface area (Å²) in [4.78, 5) is 24.9. The Morgan fingerprint density at radius 3 is 2.09 bits per heavy atom. The normalized spacial score (nSPS) is 12.1. The summed E-state index contributed by atoms with van der Waals surface area (Å²) in [6.07, 6.45) is 5.59. The van der Waals surface area contributed by atoms with E-state index in [1.165, 1.54) is 24.3 Å². The van der Waals surface area contributed by atoms with Crippen LogP contribution >= 0.6 is 11.6 Å². The minimum Gasteiger partial charge on any atom is -0.368 e. The molecular weight excluding hydrogens is 472 g/mol. The quantitative estimate of drug-likeness (QED) is 0.340. The molecule has 0 radical (unpaired) electrons. The van der Waals surface area contributed by atoms with Gasteiger partial charge in [0, 0.05) is 29.1 Å². The maximum atomic E-state index is 13.5. The largest absolute Gasteiger partial charge is 0.368 e. The van der Waals surface area contributed by atoms with Crippen molar-refractivity contribution < 1.29 is 18.0 Å². The van der Waals surface area contributed by atoms with Gasteiger partial charge in [-0.05, 0) is 36.2 Å². The van der Waals surface area contributed by atoms with E-state index < -0.39 is 22.0 Å². The first-order chi connectivity index (χ1) is 16.2. The van der Waals surface area contributed by atoms with Crippen molar-refractivity contribution in [3.63, 3.8) is 0 Å². The molecule has 0 saturated carbocycles. The number of halogens is 1. The lowest BCUT2D eigenvalue weighted by molar-refractivity contribution is -0.122. The summed E-state index contributed by atoms with van der Waals surface area (Å²) < 4.78 is 28.0. The van der Waals surface area contributed by atoms with Crippen LogP contribution in [0.25, 0.3) is 0 Å². The summed E-state index contributed by atoms with van der Waals surface area (Å²) in [6, 6.07) is 19.9. The number of sulfonamides is 1. The Balaban J connectivity index is 1.95. The first-order valence-electron chi connectivity index (χ1n) is 10.4. The maximum absolute atomic E-state index is 13.5. The van der Waals surface area contributed by atoms with E-state index in [4.69, 9.17) is 23.8 Å². The molecule has 0 aromatic heterocycles. The highest BCUT2D eigenvalue weighted by Gasteiger charge is 2.34. The van der Waals surface area contributed by atoms with Gasteiger partial charge in [0.2, 0.25) is 15.9 Å². The summed E-state index contributed by atoms with van der Waals surface area (Å²) >= 11 is 5.90. The smallest absolute Gasteiger partial charge is 0.244 e. The van der Waals surface area contributed by atoms with Gasteiger partial charge in [0.25, 0.3) is 0 Å². The summed E-state index contributed by atoms with van der Waals surface area (Å²) in [6.45, 7) is -0.136. The Kier molecular flexibility index (Phi) is 8.24. The Labute approximate surface area is 204 Å². The van der Waals surface area contributed by atoms with Crippen LogP contribution in [0.3, 0.4) is 0 Å². The van der Waals surface area contributed by atoms with Crippen molar-refractivity contribution in [1.82, 2.24) is 4.31 Å². The summed E-state index contributed by atoms with van der Waals surface area (Å²) in [7, 11) is -4.12. The fourth-order valence-corrected chi connectivity index (χ4v) is 5.19. The molecule has 0 heterocycles. The van der Waals surface area contributed by atoms with Crippen molar-refractivity contribution in [2.75, 3.05) is 0 Å². The third-order valence-corrected chi connectivity index (χ3v) is 7.37. The van der Waals surface area contributed by atoms with Gasteiger partial charge in [-0.2, -0.15) is 4.31 Å². The molecule has 0 aliphatic rings. The minimum absolute atomic E-state index is 0.0280. The molecule has 0 bridgehead atoms. The van der Waals surface area contributed by atoms with Gasteiger partial charge in [0.05, 0.1) is 4.90 Å². The third kappa shape index (κ3) is 5.91. The maximum Gasteiger partial charge on any atom is 0.244 e. The van der Waals surface area contributed by atoms with Crippen LogP contribution < -0.4 is 5.73 Å². The predicted octanol–water partition coefficient (Wildman–Crippen LogP) is 4.03. The second kappa shape index (κ2) is 11.1. The number of terminal acetylenes is 1. The Morgan fingerprint density at radius 2 is 1.53 bits per heavy atom. The lowest BCUT2D eigenvalue weighted by Gasteiger charge is -2.29. The Morgan fingerprint density at radius 1 is 0.941 bits per heavy atom. The fourth-order valence-electron chi connectivity index (χ4n) is 3.45. The van der Waals surface area contributed by atoms with E-state index in [-0.39, 0.29) is 30.1 Å². The van der Waals surface area contributed by atoms with Crippen molar-refractivity contribution in [2.24, 2.45) is 5.73 Å². The highest BCUT2D eigenvalue weighted by molar-refractivity contribution is 7.89. The number of hydrogen-bond donors (Lipinski definition) is 1. The van der Waals surface area contributed by atoms with E-state index in [0.29, 0.717) is 21.7 Å². The van der Waals surface area contributed by atoms with Gasteiger partial charge in [-0.1, -0.05) is 66.2 Å². The van der Waals surface area contributed by atoms with Crippen molar-refractivity contribution in [3.8, 4) is 12.3 Å². The number of carbonyl (C=O) groups is 2.